The lowest BCUT2D eigenvalue weighted by Crippen LogP contribution is -2.32. The number of aryl methyl sites for hydroxylation is 2. The van der Waals surface area contributed by atoms with E-state index < -0.39 is 0 Å². The van der Waals surface area contributed by atoms with Gasteiger partial charge >= 0.3 is 0 Å². The van der Waals surface area contributed by atoms with Crippen molar-refractivity contribution in [2.24, 2.45) is 0 Å². The molecule has 0 fully saturated rings. The van der Waals surface area contributed by atoms with Crippen molar-refractivity contribution < 1.29 is 9.47 Å². The van der Waals surface area contributed by atoms with Gasteiger partial charge < -0.3 is 20.1 Å². The molecule has 0 spiro atoms. The molecule has 0 radical (unpaired) electrons. The average molecular weight is 359 g/mol. The zero-order chi connectivity index (χ0) is 18.4. The molecule has 0 heterocycles. The Bertz CT molecular complexity index is 726. The third-order valence-corrected chi connectivity index (χ3v) is 4.22. The van der Waals surface area contributed by atoms with Crippen molar-refractivity contribution in [3.63, 3.8) is 0 Å². The van der Waals surface area contributed by atoms with Crippen LogP contribution in [-0.4, -0.2) is 19.3 Å². The first-order chi connectivity index (χ1) is 12.0. The molecule has 0 bridgehead atoms. The minimum absolute atomic E-state index is 0.0886. The first kappa shape index (κ1) is 19.1. The fraction of sp³-hybridized carbons (Fsp3) is 0.350. The Morgan fingerprint density at radius 1 is 1.00 bits per heavy atom. The van der Waals surface area contributed by atoms with E-state index in [2.05, 4.69) is 49.6 Å². The van der Waals surface area contributed by atoms with Gasteiger partial charge in [0.05, 0.1) is 20.3 Å². The molecule has 0 aliphatic carbocycles. The monoisotopic (exact) mass is 358 g/mol. The summed E-state index contributed by atoms with van der Waals surface area (Å²) in [5.74, 6) is 1.44. The first-order valence-electron chi connectivity index (χ1n) is 8.34. The van der Waals surface area contributed by atoms with Crippen LogP contribution in [0.25, 0.3) is 0 Å². The smallest absolute Gasteiger partial charge is 0.171 e. The molecular weight excluding hydrogens is 332 g/mol. The summed E-state index contributed by atoms with van der Waals surface area (Å²) >= 11 is 5.50. The average Bonchev–Trinajstić information content (AvgIpc) is 2.58. The Morgan fingerprint density at radius 2 is 1.64 bits per heavy atom. The van der Waals surface area contributed by atoms with Gasteiger partial charge in [-0.1, -0.05) is 19.1 Å². The molecule has 1 atom stereocenters. The maximum atomic E-state index is 5.50. The van der Waals surface area contributed by atoms with E-state index in [1.54, 1.807) is 14.2 Å². The number of methoxy groups -OCH3 is 2. The Morgan fingerprint density at radius 3 is 2.20 bits per heavy atom. The number of anilines is 1. The van der Waals surface area contributed by atoms with Crippen molar-refractivity contribution >= 4 is 23.0 Å². The molecule has 0 saturated heterocycles. The maximum Gasteiger partial charge on any atom is 0.171 e. The predicted molar refractivity (Wildman–Crippen MR) is 108 cm³/mol. The van der Waals surface area contributed by atoms with Crippen LogP contribution >= 0.6 is 12.2 Å². The van der Waals surface area contributed by atoms with E-state index in [-0.39, 0.29) is 6.04 Å². The largest absolute Gasteiger partial charge is 0.493 e. The molecule has 25 heavy (non-hydrogen) atoms. The highest BCUT2D eigenvalue weighted by Crippen LogP contribution is 2.30. The predicted octanol–water partition coefficient (Wildman–Crippen LogP) is 4.76. The Kier molecular flexibility index (Phi) is 6.65. The van der Waals surface area contributed by atoms with Crippen molar-refractivity contribution in [1.29, 1.82) is 0 Å². The lowest BCUT2D eigenvalue weighted by Gasteiger charge is -2.21. The van der Waals surface area contributed by atoms with Gasteiger partial charge in [-0.05, 0) is 73.4 Å². The summed E-state index contributed by atoms with van der Waals surface area (Å²) in [5, 5.41) is 7.26. The van der Waals surface area contributed by atoms with Gasteiger partial charge in [0.15, 0.2) is 16.6 Å². The highest BCUT2D eigenvalue weighted by atomic mass is 32.1. The molecule has 4 nitrogen and oxygen atoms in total. The fourth-order valence-corrected chi connectivity index (χ4v) is 3.12. The summed E-state index contributed by atoms with van der Waals surface area (Å²) in [4.78, 5) is 0. The van der Waals surface area contributed by atoms with Crippen LogP contribution in [0.4, 0.5) is 5.69 Å². The summed E-state index contributed by atoms with van der Waals surface area (Å²) in [5.41, 5.74) is 4.51. The van der Waals surface area contributed by atoms with Crippen LogP contribution in [0.1, 0.15) is 36.1 Å². The van der Waals surface area contributed by atoms with Crippen LogP contribution in [-0.2, 0) is 0 Å². The van der Waals surface area contributed by atoms with Gasteiger partial charge in [-0.25, -0.2) is 0 Å². The number of benzene rings is 2. The number of thiocarbonyl (C=S) groups is 1. The number of hydrogen-bond acceptors (Lipinski definition) is 3. The SMILES string of the molecule is CC[C@H](NC(=S)Nc1cc(C)cc(C)c1)c1ccc(OC)c(OC)c1. The second-order valence-corrected chi connectivity index (χ2v) is 6.46. The topological polar surface area (TPSA) is 42.5 Å². The third-order valence-electron chi connectivity index (χ3n) is 4.00. The van der Waals surface area contributed by atoms with Gasteiger partial charge in [-0.3, -0.25) is 0 Å². The van der Waals surface area contributed by atoms with Crippen LogP contribution in [0.2, 0.25) is 0 Å². The lowest BCUT2D eigenvalue weighted by molar-refractivity contribution is 0.354. The van der Waals surface area contributed by atoms with Crippen molar-refractivity contribution in [3.8, 4) is 11.5 Å². The van der Waals surface area contributed by atoms with Crippen molar-refractivity contribution in [1.82, 2.24) is 5.32 Å². The van der Waals surface area contributed by atoms with Gasteiger partial charge in [0.2, 0.25) is 0 Å². The van der Waals surface area contributed by atoms with Crippen LogP contribution < -0.4 is 20.1 Å². The van der Waals surface area contributed by atoms with Crippen LogP contribution in [0.15, 0.2) is 36.4 Å². The molecule has 0 aliphatic rings. The molecular formula is C20H26N2O2S. The normalized spacial score (nSPS) is 11.6. The molecule has 0 unspecified atom stereocenters. The van der Waals surface area contributed by atoms with Gasteiger partial charge in [0.1, 0.15) is 0 Å². The molecule has 2 aromatic rings. The van der Waals surface area contributed by atoms with E-state index in [9.17, 15) is 0 Å². The van der Waals surface area contributed by atoms with E-state index in [0.29, 0.717) is 10.9 Å². The quantitative estimate of drug-likeness (QED) is 0.729. The molecule has 134 valence electrons. The van der Waals surface area contributed by atoms with E-state index in [4.69, 9.17) is 21.7 Å². The Labute approximate surface area is 155 Å². The minimum Gasteiger partial charge on any atom is -0.493 e. The molecule has 5 heteroatoms. The zero-order valence-electron chi connectivity index (χ0n) is 15.5. The molecule has 2 aromatic carbocycles. The summed E-state index contributed by atoms with van der Waals surface area (Å²) in [7, 11) is 3.28. The molecule has 0 aromatic heterocycles. The van der Waals surface area contributed by atoms with Crippen molar-refractivity contribution in [2.75, 3.05) is 19.5 Å². The van der Waals surface area contributed by atoms with Crippen molar-refractivity contribution in [3.05, 3.63) is 53.1 Å². The van der Waals surface area contributed by atoms with Gasteiger partial charge in [0.25, 0.3) is 0 Å². The highest BCUT2D eigenvalue weighted by molar-refractivity contribution is 7.80. The highest BCUT2D eigenvalue weighted by Gasteiger charge is 2.14. The van der Waals surface area contributed by atoms with Crippen LogP contribution in [0, 0.1) is 13.8 Å². The minimum atomic E-state index is 0.0886. The number of rotatable bonds is 6. The first-order valence-corrected chi connectivity index (χ1v) is 8.75. The van der Waals surface area contributed by atoms with Gasteiger partial charge in [-0.2, -0.15) is 0 Å². The fourth-order valence-electron chi connectivity index (χ4n) is 2.86. The molecule has 0 saturated carbocycles. The van der Waals surface area contributed by atoms with E-state index in [1.807, 2.05) is 18.2 Å². The molecule has 0 aliphatic heterocycles. The second-order valence-electron chi connectivity index (χ2n) is 6.05. The molecule has 2 N–H and O–H groups in total. The van der Waals surface area contributed by atoms with Crippen LogP contribution in [0.3, 0.4) is 0 Å². The summed E-state index contributed by atoms with van der Waals surface area (Å²) in [6.45, 7) is 6.27. The summed E-state index contributed by atoms with van der Waals surface area (Å²) in [6, 6.07) is 12.3. The maximum absolute atomic E-state index is 5.50. The number of ether oxygens (including phenoxy) is 2. The third kappa shape index (κ3) is 5.10. The Hall–Kier alpha value is -2.27. The summed E-state index contributed by atoms with van der Waals surface area (Å²) in [6.07, 6.45) is 0.893. The van der Waals surface area contributed by atoms with Gasteiger partial charge in [-0.15, -0.1) is 0 Å². The van der Waals surface area contributed by atoms with Gasteiger partial charge in [0, 0.05) is 5.69 Å². The van der Waals surface area contributed by atoms with Crippen LogP contribution in [0.5, 0.6) is 11.5 Å². The van der Waals surface area contributed by atoms with Crippen molar-refractivity contribution in [2.45, 2.75) is 33.2 Å². The number of nitrogens with one attached hydrogen (secondary N) is 2. The molecule has 0 amide bonds. The van der Waals surface area contributed by atoms with E-state index in [0.717, 1.165) is 23.4 Å². The second kappa shape index (κ2) is 8.72. The molecule has 2 rings (SSSR count). The number of hydrogen-bond donors (Lipinski definition) is 2. The lowest BCUT2D eigenvalue weighted by atomic mass is 10.0. The summed E-state index contributed by atoms with van der Waals surface area (Å²) < 4.78 is 10.7. The van der Waals surface area contributed by atoms with E-state index in [1.165, 1.54) is 11.1 Å². The Balaban J connectivity index is 2.12. The zero-order valence-corrected chi connectivity index (χ0v) is 16.3. The standard InChI is InChI=1S/C20H26N2O2S/c1-6-17(15-7-8-18(23-4)19(12-15)24-5)22-20(25)21-16-10-13(2)9-14(3)11-16/h7-12,17H,6H2,1-5H3,(H2,21,22,25)/t17-/m0/s1. The van der Waals surface area contributed by atoms with E-state index >= 15 is 0 Å².